The van der Waals surface area contributed by atoms with Crippen LogP contribution in [0.5, 0.6) is 5.75 Å². The molecule has 0 aliphatic rings. The van der Waals surface area contributed by atoms with Gasteiger partial charge in [0.2, 0.25) is 0 Å². The number of carbonyl (C=O) groups excluding carboxylic acids is 1. The van der Waals surface area contributed by atoms with Gasteiger partial charge in [0.25, 0.3) is 5.91 Å². The van der Waals surface area contributed by atoms with E-state index < -0.39 is 5.91 Å². The second-order valence-corrected chi connectivity index (χ2v) is 5.91. The first-order valence-corrected chi connectivity index (χ1v) is 7.93. The summed E-state index contributed by atoms with van der Waals surface area (Å²) >= 11 is 11.2. The number of nitrogens with one attached hydrogen (secondary N) is 4. The lowest BCUT2D eigenvalue weighted by molar-refractivity contribution is 0.0977. The molecule has 1 heterocycles. The number of hydrogen-bond donors (Lipinski definition) is 4. The Kier molecular flexibility index (Phi) is 4.73. The number of ether oxygens (including phenoxy) is 1. The number of rotatable bonds is 3. The van der Waals surface area contributed by atoms with Gasteiger partial charge in [0, 0.05) is 11.3 Å². The van der Waals surface area contributed by atoms with Crippen molar-refractivity contribution < 1.29 is 9.53 Å². The molecular formula is C16H13ClN4O3S. The van der Waals surface area contributed by atoms with Crippen LogP contribution in [0.2, 0.25) is 5.02 Å². The van der Waals surface area contributed by atoms with Gasteiger partial charge in [-0.25, -0.2) is 4.79 Å². The lowest BCUT2D eigenvalue weighted by atomic mass is 10.2. The zero-order valence-electron chi connectivity index (χ0n) is 13.0. The Labute approximate surface area is 152 Å². The second kappa shape index (κ2) is 6.96. The summed E-state index contributed by atoms with van der Waals surface area (Å²) in [6.45, 7) is 0. The number of H-pyrrole nitrogens is 2. The van der Waals surface area contributed by atoms with Crippen LogP contribution in [0.4, 0.5) is 5.69 Å². The topological polar surface area (TPSA) is 99.0 Å². The highest BCUT2D eigenvalue weighted by Gasteiger charge is 2.11. The van der Waals surface area contributed by atoms with Crippen LogP contribution in [0, 0.1) is 0 Å². The fraction of sp³-hybridized carbons (Fsp3) is 0.0625. The van der Waals surface area contributed by atoms with Crippen molar-refractivity contribution in [3.05, 3.63) is 57.5 Å². The van der Waals surface area contributed by atoms with E-state index in [2.05, 4.69) is 20.6 Å². The lowest BCUT2D eigenvalue weighted by Crippen LogP contribution is -2.34. The molecule has 25 heavy (non-hydrogen) atoms. The van der Waals surface area contributed by atoms with Gasteiger partial charge in [0.1, 0.15) is 5.75 Å². The molecular weight excluding hydrogens is 364 g/mol. The van der Waals surface area contributed by atoms with E-state index in [-0.39, 0.29) is 10.8 Å². The maximum atomic E-state index is 12.2. The van der Waals surface area contributed by atoms with E-state index in [1.54, 1.807) is 30.3 Å². The van der Waals surface area contributed by atoms with Crippen LogP contribution >= 0.6 is 23.8 Å². The van der Waals surface area contributed by atoms with Gasteiger partial charge in [-0.1, -0.05) is 11.6 Å². The SMILES string of the molecule is COc1ccc(C(=O)NC(=S)Nc2ccc3[nH]c(=O)[nH]c3c2)cc1Cl. The number of fused-ring (bicyclic) bond motifs is 1. The first-order valence-electron chi connectivity index (χ1n) is 7.14. The van der Waals surface area contributed by atoms with Crippen LogP contribution < -0.4 is 21.1 Å². The highest BCUT2D eigenvalue weighted by molar-refractivity contribution is 7.80. The molecule has 0 aliphatic carbocycles. The van der Waals surface area contributed by atoms with Gasteiger partial charge in [-0.05, 0) is 48.6 Å². The molecule has 4 N–H and O–H groups in total. The minimum atomic E-state index is -0.404. The highest BCUT2D eigenvalue weighted by atomic mass is 35.5. The summed E-state index contributed by atoms with van der Waals surface area (Å²) in [5.41, 5.74) is 1.99. The number of amides is 1. The summed E-state index contributed by atoms with van der Waals surface area (Å²) in [5.74, 6) is 0.0749. The fourth-order valence-corrected chi connectivity index (χ4v) is 2.72. The molecule has 9 heteroatoms. The zero-order chi connectivity index (χ0) is 18.0. The molecule has 0 spiro atoms. The Morgan fingerprint density at radius 1 is 1.16 bits per heavy atom. The minimum Gasteiger partial charge on any atom is -0.495 e. The van der Waals surface area contributed by atoms with E-state index in [4.69, 9.17) is 28.6 Å². The Bertz CT molecular complexity index is 1030. The summed E-state index contributed by atoms with van der Waals surface area (Å²) < 4.78 is 5.05. The molecule has 3 rings (SSSR count). The Morgan fingerprint density at radius 3 is 2.64 bits per heavy atom. The monoisotopic (exact) mass is 376 g/mol. The quantitative estimate of drug-likeness (QED) is 0.527. The summed E-state index contributed by atoms with van der Waals surface area (Å²) in [6.07, 6.45) is 0. The zero-order valence-corrected chi connectivity index (χ0v) is 14.5. The molecule has 0 atom stereocenters. The maximum Gasteiger partial charge on any atom is 0.323 e. The molecule has 3 aromatic rings. The molecule has 0 radical (unpaired) electrons. The number of hydrogen-bond acceptors (Lipinski definition) is 4. The van der Waals surface area contributed by atoms with Crippen molar-refractivity contribution in [3.8, 4) is 5.75 Å². The molecule has 1 aromatic heterocycles. The largest absolute Gasteiger partial charge is 0.495 e. The number of aromatic amines is 2. The van der Waals surface area contributed by atoms with Gasteiger partial charge < -0.3 is 20.0 Å². The smallest absolute Gasteiger partial charge is 0.323 e. The van der Waals surface area contributed by atoms with Gasteiger partial charge in [0.15, 0.2) is 5.11 Å². The van der Waals surface area contributed by atoms with E-state index >= 15 is 0 Å². The van der Waals surface area contributed by atoms with Crippen LogP contribution in [-0.4, -0.2) is 28.1 Å². The van der Waals surface area contributed by atoms with Gasteiger partial charge >= 0.3 is 5.69 Å². The molecule has 0 saturated carbocycles. The van der Waals surface area contributed by atoms with Crippen molar-refractivity contribution in [1.82, 2.24) is 15.3 Å². The number of imidazole rings is 1. The van der Waals surface area contributed by atoms with Crippen LogP contribution in [0.1, 0.15) is 10.4 Å². The number of methoxy groups -OCH3 is 1. The van der Waals surface area contributed by atoms with Crippen molar-refractivity contribution >= 4 is 51.6 Å². The van der Waals surface area contributed by atoms with Gasteiger partial charge in [-0.15, -0.1) is 0 Å². The van der Waals surface area contributed by atoms with Crippen molar-refractivity contribution in [1.29, 1.82) is 0 Å². The molecule has 0 unspecified atom stereocenters. The third kappa shape index (κ3) is 3.81. The Hall–Kier alpha value is -2.84. The van der Waals surface area contributed by atoms with Crippen LogP contribution in [0.25, 0.3) is 11.0 Å². The van der Waals surface area contributed by atoms with Crippen molar-refractivity contribution in [2.45, 2.75) is 0 Å². The molecule has 0 fully saturated rings. The fourth-order valence-electron chi connectivity index (χ4n) is 2.26. The average molecular weight is 377 g/mol. The number of benzene rings is 2. The van der Waals surface area contributed by atoms with Crippen LogP contribution in [0.3, 0.4) is 0 Å². The van der Waals surface area contributed by atoms with Crippen molar-refractivity contribution in [3.63, 3.8) is 0 Å². The molecule has 0 saturated heterocycles. The average Bonchev–Trinajstić information content (AvgIpc) is 2.93. The van der Waals surface area contributed by atoms with Crippen LogP contribution in [0.15, 0.2) is 41.2 Å². The van der Waals surface area contributed by atoms with E-state index in [0.717, 1.165) is 0 Å². The molecule has 0 aliphatic heterocycles. The first kappa shape index (κ1) is 17.0. The molecule has 128 valence electrons. The summed E-state index contributed by atoms with van der Waals surface area (Å²) in [5, 5.41) is 5.90. The third-order valence-corrected chi connectivity index (χ3v) is 3.91. The van der Waals surface area contributed by atoms with Gasteiger partial charge in [-0.3, -0.25) is 10.1 Å². The minimum absolute atomic E-state index is 0.120. The molecule has 1 amide bonds. The predicted octanol–water partition coefficient (Wildman–Crippen LogP) is 2.64. The normalized spacial score (nSPS) is 10.5. The van der Waals surface area contributed by atoms with E-state index in [9.17, 15) is 9.59 Å². The summed E-state index contributed by atoms with van der Waals surface area (Å²) in [4.78, 5) is 28.8. The predicted molar refractivity (Wildman–Crippen MR) is 101 cm³/mol. The highest BCUT2D eigenvalue weighted by Crippen LogP contribution is 2.24. The number of halogens is 1. The summed E-state index contributed by atoms with van der Waals surface area (Å²) in [7, 11) is 1.49. The number of carbonyl (C=O) groups is 1. The van der Waals surface area contributed by atoms with E-state index in [1.807, 2.05) is 0 Å². The molecule has 2 aromatic carbocycles. The van der Waals surface area contributed by atoms with Gasteiger partial charge in [0.05, 0.1) is 23.2 Å². The molecule has 7 nitrogen and oxygen atoms in total. The maximum absolute atomic E-state index is 12.2. The number of anilines is 1. The van der Waals surface area contributed by atoms with Gasteiger partial charge in [-0.2, -0.15) is 0 Å². The Morgan fingerprint density at radius 2 is 1.92 bits per heavy atom. The summed E-state index contributed by atoms with van der Waals surface area (Å²) in [6, 6.07) is 9.84. The van der Waals surface area contributed by atoms with Crippen molar-refractivity contribution in [2.24, 2.45) is 0 Å². The van der Waals surface area contributed by atoms with Crippen molar-refractivity contribution in [2.75, 3.05) is 12.4 Å². The third-order valence-electron chi connectivity index (χ3n) is 3.41. The Balaban J connectivity index is 1.69. The van der Waals surface area contributed by atoms with Crippen LogP contribution in [-0.2, 0) is 0 Å². The molecule has 0 bridgehead atoms. The first-order chi connectivity index (χ1) is 12.0. The van der Waals surface area contributed by atoms with E-state index in [1.165, 1.54) is 13.2 Å². The standard InChI is InChI=1S/C16H13ClN4O3S/c1-24-13-5-2-8(6-10(13)17)14(22)21-16(25)18-9-3-4-11-12(7-9)20-15(23)19-11/h2-7H,1H3,(H2,19,20,23)(H2,18,21,22,25). The lowest BCUT2D eigenvalue weighted by Gasteiger charge is -2.10. The number of aromatic nitrogens is 2. The van der Waals surface area contributed by atoms with E-state index in [0.29, 0.717) is 33.1 Å². The second-order valence-electron chi connectivity index (χ2n) is 5.10. The number of thiocarbonyl (C=S) groups is 1.